The van der Waals surface area contributed by atoms with Crippen molar-refractivity contribution < 1.29 is 4.79 Å². The van der Waals surface area contributed by atoms with Gasteiger partial charge in [0.15, 0.2) is 4.80 Å². The molecule has 1 aromatic heterocycles. The van der Waals surface area contributed by atoms with Crippen molar-refractivity contribution >= 4 is 27.5 Å². The summed E-state index contributed by atoms with van der Waals surface area (Å²) in [4.78, 5) is 16.7. The van der Waals surface area contributed by atoms with Crippen LogP contribution < -0.4 is 4.80 Å². The van der Waals surface area contributed by atoms with Crippen molar-refractivity contribution in [3.8, 4) is 0 Å². The Hall–Kier alpha value is -1.42. The third kappa shape index (κ3) is 2.25. The Kier molecular flexibility index (Phi) is 3.39. The average molecular weight is 262 g/mol. The third-order valence-electron chi connectivity index (χ3n) is 2.93. The predicted octanol–water partition coefficient (Wildman–Crippen LogP) is 2.94. The van der Waals surface area contributed by atoms with E-state index in [1.165, 1.54) is 21.3 Å². The molecule has 1 aromatic carbocycles. The topological polar surface area (TPSA) is 34.4 Å². The van der Waals surface area contributed by atoms with E-state index in [4.69, 9.17) is 0 Å². The summed E-state index contributed by atoms with van der Waals surface area (Å²) in [6, 6.07) is 4.30. The van der Waals surface area contributed by atoms with Crippen LogP contribution in [0.3, 0.4) is 0 Å². The molecule has 1 heterocycles. The van der Waals surface area contributed by atoms with Crippen molar-refractivity contribution in [3.05, 3.63) is 28.1 Å². The van der Waals surface area contributed by atoms with Gasteiger partial charge in [0.2, 0.25) is 0 Å². The second-order valence-corrected chi connectivity index (χ2v) is 5.99. The first-order valence-electron chi connectivity index (χ1n) is 6.05. The van der Waals surface area contributed by atoms with Crippen LogP contribution in [0.2, 0.25) is 0 Å². The lowest BCUT2D eigenvalue weighted by molar-refractivity contribution is -0.120. The summed E-state index contributed by atoms with van der Waals surface area (Å²) in [5.74, 6) is -0.121. The van der Waals surface area contributed by atoms with E-state index in [1.807, 2.05) is 25.5 Å². The van der Waals surface area contributed by atoms with Crippen LogP contribution in [-0.2, 0) is 11.8 Å². The molecule has 0 unspecified atom stereocenters. The molecule has 2 rings (SSSR count). The highest BCUT2D eigenvalue weighted by atomic mass is 32.1. The smallest absolute Gasteiger partial charge is 0.250 e. The quantitative estimate of drug-likeness (QED) is 0.778. The van der Waals surface area contributed by atoms with Gasteiger partial charge in [0, 0.05) is 13.0 Å². The van der Waals surface area contributed by atoms with Crippen molar-refractivity contribution in [2.45, 2.75) is 27.7 Å². The van der Waals surface area contributed by atoms with Gasteiger partial charge < -0.3 is 4.57 Å². The first-order valence-corrected chi connectivity index (χ1v) is 6.87. The first-order chi connectivity index (χ1) is 8.40. The summed E-state index contributed by atoms with van der Waals surface area (Å²) in [6.45, 7) is 7.92. The van der Waals surface area contributed by atoms with E-state index in [1.54, 1.807) is 11.3 Å². The summed E-state index contributed by atoms with van der Waals surface area (Å²) in [5, 5.41) is 0. The first kappa shape index (κ1) is 13.0. The van der Waals surface area contributed by atoms with E-state index in [-0.39, 0.29) is 11.8 Å². The van der Waals surface area contributed by atoms with Crippen LogP contribution in [0.15, 0.2) is 17.1 Å². The van der Waals surface area contributed by atoms with Crippen LogP contribution in [-0.4, -0.2) is 10.5 Å². The van der Waals surface area contributed by atoms with Crippen molar-refractivity contribution in [1.29, 1.82) is 0 Å². The van der Waals surface area contributed by atoms with Crippen LogP contribution >= 0.6 is 11.3 Å². The van der Waals surface area contributed by atoms with Gasteiger partial charge in [-0.05, 0) is 31.0 Å². The number of hydrogen-bond donors (Lipinski definition) is 0. The van der Waals surface area contributed by atoms with Crippen molar-refractivity contribution in [3.63, 3.8) is 0 Å². The molecule has 0 aliphatic heterocycles. The zero-order valence-corrected chi connectivity index (χ0v) is 12.3. The van der Waals surface area contributed by atoms with Gasteiger partial charge in [-0.15, -0.1) is 0 Å². The Morgan fingerprint density at radius 3 is 2.61 bits per heavy atom. The van der Waals surface area contributed by atoms with E-state index < -0.39 is 0 Å². The number of aryl methyl sites for hydroxylation is 3. The van der Waals surface area contributed by atoms with Gasteiger partial charge in [-0.2, -0.15) is 4.99 Å². The Labute approximate surface area is 111 Å². The van der Waals surface area contributed by atoms with Gasteiger partial charge in [0.1, 0.15) is 0 Å². The molecule has 96 valence electrons. The van der Waals surface area contributed by atoms with Crippen LogP contribution in [0.1, 0.15) is 25.0 Å². The number of benzene rings is 1. The molecule has 0 atom stereocenters. The van der Waals surface area contributed by atoms with Crippen molar-refractivity contribution in [2.24, 2.45) is 18.0 Å². The van der Waals surface area contributed by atoms with Crippen molar-refractivity contribution in [1.82, 2.24) is 4.57 Å². The molecule has 0 bridgehead atoms. The maximum Gasteiger partial charge on any atom is 0.250 e. The summed E-state index contributed by atoms with van der Waals surface area (Å²) >= 11 is 1.57. The second kappa shape index (κ2) is 4.69. The van der Waals surface area contributed by atoms with Gasteiger partial charge in [-0.25, -0.2) is 0 Å². The number of fused-ring (bicyclic) bond motifs is 1. The average Bonchev–Trinajstić information content (AvgIpc) is 2.55. The lowest BCUT2D eigenvalue weighted by atomic mass is 10.1. The molecule has 0 radical (unpaired) electrons. The minimum Gasteiger partial charge on any atom is -0.319 e. The molecule has 4 heteroatoms. The molecule has 0 spiro atoms. The van der Waals surface area contributed by atoms with Crippen molar-refractivity contribution in [2.75, 3.05) is 0 Å². The summed E-state index contributed by atoms with van der Waals surface area (Å²) < 4.78 is 3.19. The maximum atomic E-state index is 11.7. The second-order valence-electron chi connectivity index (χ2n) is 4.98. The lowest BCUT2D eigenvalue weighted by Gasteiger charge is -2.01. The summed E-state index contributed by atoms with van der Waals surface area (Å²) in [7, 11) is 1.97. The monoisotopic (exact) mass is 262 g/mol. The van der Waals surface area contributed by atoms with Crippen LogP contribution in [0, 0.1) is 19.8 Å². The Morgan fingerprint density at radius 1 is 1.33 bits per heavy atom. The fourth-order valence-corrected chi connectivity index (χ4v) is 3.21. The highest BCUT2D eigenvalue weighted by Crippen LogP contribution is 2.22. The third-order valence-corrected chi connectivity index (χ3v) is 4.01. The normalized spacial score (nSPS) is 12.7. The van der Waals surface area contributed by atoms with Gasteiger partial charge in [-0.3, -0.25) is 4.79 Å². The largest absolute Gasteiger partial charge is 0.319 e. The Bertz CT molecular complexity index is 677. The van der Waals surface area contributed by atoms with Crippen LogP contribution in [0.4, 0.5) is 0 Å². The lowest BCUT2D eigenvalue weighted by Crippen LogP contribution is -2.15. The summed E-state index contributed by atoms with van der Waals surface area (Å²) in [6.07, 6.45) is 0. The van der Waals surface area contributed by atoms with Gasteiger partial charge in [0.05, 0.1) is 10.2 Å². The fourth-order valence-electron chi connectivity index (χ4n) is 2.01. The minimum atomic E-state index is -0.0634. The zero-order valence-electron chi connectivity index (χ0n) is 11.4. The van der Waals surface area contributed by atoms with E-state index in [9.17, 15) is 4.79 Å². The molecule has 0 aliphatic carbocycles. The van der Waals surface area contributed by atoms with E-state index in [0.29, 0.717) is 0 Å². The van der Waals surface area contributed by atoms with E-state index >= 15 is 0 Å². The number of carbonyl (C=O) groups is 1. The molecule has 2 aromatic rings. The highest BCUT2D eigenvalue weighted by Gasteiger charge is 2.09. The summed E-state index contributed by atoms with van der Waals surface area (Å²) in [5.41, 5.74) is 3.63. The Morgan fingerprint density at radius 2 is 2.00 bits per heavy atom. The fraction of sp³-hybridized carbons (Fsp3) is 0.429. The predicted molar refractivity (Wildman–Crippen MR) is 75.7 cm³/mol. The molecule has 0 aliphatic rings. The zero-order chi connectivity index (χ0) is 13.4. The van der Waals surface area contributed by atoms with Crippen LogP contribution in [0.25, 0.3) is 10.2 Å². The molecular formula is C14H18N2OS. The van der Waals surface area contributed by atoms with Gasteiger partial charge in [0.25, 0.3) is 5.91 Å². The number of amides is 1. The number of carbonyl (C=O) groups excluding carboxylic acids is 1. The Balaban J connectivity index is 2.72. The molecule has 0 saturated heterocycles. The van der Waals surface area contributed by atoms with Gasteiger partial charge in [-0.1, -0.05) is 31.3 Å². The minimum absolute atomic E-state index is 0.0574. The maximum absolute atomic E-state index is 11.7. The number of rotatable bonds is 1. The molecule has 0 N–H and O–H groups in total. The SMILES string of the molecule is Cc1cc(C)c2c(c1)sc(=NC(=O)C(C)C)n2C. The van der Waals surface area contributed by atoms with Gasteiger partial charge >= 0.3 is 0 Å². The number of hydrogen-bond acceptors (Lipinski definition) is 2. The highest BCUT2D eigenvalue weighted by molar-refractivity contribution is 7.16. The molecule has 1 amide bonds. The number of aromatic nitrogens is 1. The van der Waals surface area contributed by atoms with E-state index in [0.717, 1.165) is 4.80 Å². The molecule has 0 saturated carbocycles. The molecular weight excluding hydrogens is 244 g/mol. The number of thiazole rings is 1. The van der Waals surface area contributed by atoms with Crippen LogP contribution in [0.5, 0.6) is 0 Å². The molecule has 3 nitrogen and oxygen atoms in total. The molecule has 18 heavy (non-hydrogen) atoms. The van der Waals surface area contributed by atoms with E-state index in [2.05, 4.69) is 31.0 Å². The standard InChI is InChI=1S/C14H18N2OS/c1-8(2)13(17)15-14-16(5)12-10(4)6-9(3)7-11(12)18-14/h6-8H,1-5H3. The number of nitrogens with zero attached hydrogens (tertiary/aromatic N) is 2. The molecule has 0 fully saturated rings.